The van der Waals surface area contributed by atoms with Crippen LogP contribution in [0.5, 0.6) is 0 Å². The summed E-state index contributed by atoms with van der Waals surface area (Å²) >= 11 is 0. The molecule has 1 aliphatic carbocycles. The van der Waals surface area contributed by atoms with Crippen molar-refractivity contribution in [3.8, 4) is 0 Å². The molecule has 2 nitrogen and oxygen atoms in total. The van der Waals surface area contributed by atoms with Gasteiger partial charge in [-0.05, 0) is 43.8 Å². The van der Waals surface area contributed by atoms with E-state index in [0.717, 1.165) is 11.1 Å². The van der Waals surface area contributed by atoms with Crippen LogP contribution in [0.2, 0.25) is 19.6 Å². The van der Waals surface area contributed by atoms with Gasteiger partial charge in [0.15, 0.2) is 14.1 Å². The molecular formula is C14H18O2Si. The minimum Gasteiger partial charge on any atom is -0.401 e. The highest BCUT2D eigenvalue weighted by atomic mass is 28.4. The van der Waals surface area contributed by atoms with Gasteiger partial charge in [0.25, 0.3) is 0 Å². The summed E-state index contributed by atoms with van der Waals surface area (Å²) in [4.78, 5) is 12.2. The molecule has 0 fully saturated rings. The molecular weight excluding hydrogens is 228 g/mol. The highest BCUT2D eigenvalue weighted by Crippen LogP contribution is 2.36. The number of carbonyl (C=O) groups is 1. The molecule has 1 unspecified atom stereocenters. The minimum atomic E-state index is -1.78. The lowest BCUT2D eigenvalue weighted by Gasteiger charge is -2.37. The van der Waals surface area contributed by atoms with Crippen molar-refractivity contribution >= 4 is 20.2 Å². The van der Waals surface area contributed by atoms with Gasteiger partial charge in [-0.3, -0.25) is 4.79 Å². The van der Waals surface area contributed by atoms with Gasteiger partial charge in [-0.1, -0.05) is 30.3 Å². The summed E-state index contributed by atoms with van der Waals surface area (Å²) in [5, 5.41) is 0. The van der Waals surface area contributed by atoms with Crippen molar-refractivity contribution in [1.29, 1.82) is 0 Å². The van der Waals surface area contributed by atoms with Crippen molar-refractivity contribution < 1.29 is 9.22 Å². The molecule has 0 heterocycles. The van der Waals surface area contributed by atoms with Crippen molar-refractivity contribution in [3.05, 3.63) is 41.5 Å². The van der Waals surface area contributed by atoms with E-state index in [1.165, 1.54) is 0 Å². The average Bonchev–Trinajstić information content (AvgIpc) is 2.22. The van der Waals surface area contributed by atoms with Crippen LogP contribution in [0.1, 0.15) is 18.1 Å². The lowest BCUT2D eigenvalue weighted by Crippen LogP contribution is -2.45. The van der Waals surface area contributed by atoms with Gasteiger partial charge in [0.05, 0.1) is 0 Å². The molecule has 0 spiro atoms. The predicted octanol–water partition coefficient (Wildman–Crippen LogP) is 3.35. The summed E-state index contributed by atoms with van der Waals surface area (Å²) in [7, 11) is -1.78. The van der Waals surface area contributed by atoms with E-state index in [4.69, 9.17) is 4.43 Å². The minimum absolute atomic E-state index is 0.0404. The SMILES string of the molecule is CC1(O[Si](C)(C)C)C(=O)C=Cc2ccccc21. The molecule has 0 radical (unpaired) electrons. The maximum absolute atomic E-state index is 12.2. The normalized spacial score (nSPS) is 23.6. The number of hydrogen-bond donors (Lipinski definition) is 0. The van der Waals surface area contributed by atoms with Crippen LogP contribution in [0.25, 0.3) is 6.08 Å². The molecule has 1 aromatic rings. The van der Waals surface area contributed by atoms with Gasteiger partial charge in [0.1, 0.15) is 5.60 Å². The Morgan fingerprint density at radius 3 is 2.41 bits per heavy atom. The van der Waals surface area contributed by atoms with Crippen LogP contribution < -0.4 is 0 Å². The second-order valence-electron chi connectivity index (χ2n) is 5.53. The van der Waals surface area contributed by atoms with Crippen molar-refractivity contribution in [2.75, 3.05) is 0 Å². The van der Waals surface area contributed by atoms with Gasteiger partial charge in [0.2, 0.25) is 0 Å². The van der Waals surface area contributed by atoms with Crippen molar-refractivity contribution in [3.63, 3.8) is 0 Å². The monoisotopic (exact) mass is 246 g/mol. The first kappa shape index (κ1) is 12.3. The van der Waals surface area contributed by atoms with Crippen molar-refractivity contribution in [2.24, 2.45) is 0 Å². The number of hydrogen-bond acceptors (Lipinski definition) is 2. The zero-order valence-electron chi connectivity index (χ0n) is 10.8. The number of rotatable bonds is 2. The average molecular weight is 246 g/mol. The maximum Gasteiger partial charge on any atom is 0.190 e. The zero-order chi connectivity index (χ0) is 12.7. The molecule has 1 atom stereocenters. The van der Waals surface area contributed by atoms with Gasteiger partial charge >= 0.3 is 0 Å². The molecule has 0 amide bonds. The second-order valence-corrected chi connectivity index (χ2v) is 9.96. The third kappa shape index (κ3) is 2.26. The molecule has 0 aliphatic heterocycles. The Morgan fingerprint density at radius 1 is 1.12 bits per heavy atom. The van der Waals surface area contributed by atoms with E-state index in [1.807, 2.05) is 37.3 Å². The molecule has 2 rings (SSSR count). The lowest BCUT2D eigenvalue weighted by molar-refractivity contribution is -0.129. The summed E-state index contributed by atoms with van der Waals surface area (Å²) in [5.74, 6) is 0.0404. The summed E-state index contributed by atoms with van der Waals surface area (Å²) < 4.78 is 6.14. The van der Waals surface area contributed by atoms with E-state index in [9.17, 15) is 4.79 Å². The van der Waals surface area contributed by atoms with E-state index in [1.54, 1.807) is 6.08 Å². The van der Waals surface area contributed by atoms with Crippen LogP contribution in [0.4, 0.5) is 0 Å². The van der Waals surface area contributed by atoms with E-state index in [-0.39, 0.29) is 5.78 Å². The van der Waals surface area contributed by atoms with E-state index < -0.39 is 13.9 Å². The van der Waals surface area contributed by atoms with Crippen LogP contribution in [0.15, 0.2) is 30.3 Å². The molecule has 0 saturated heterocycles. The fourth-order valence-corrected chi connectivity index (χ4v) is 3.69. The van der Waals surface area contributed by atoms with Crippen LogP contribution in [-0.4, -0.2) is 14.1 Å². The topological polar surface area (TPSA) is 26.3 Å². The maximum atomic E-state index is 12.2. The van der Waals surface area contributed by atoms with Gasteiger partial charge in [-0.25, -0.2) is 0 Å². The van der Waals surface area contributed by atoms with Gasteiger partial charge in [-0.15, -0.1) is 0 Å². The first-order valence-corrected chi connectivity index (χ1v) is 9.26. The summed E-state index contributed by atoms with van der Waals surface area (Å²) in [6.45, 7) is 8.20. The first-order chi connectivity index (χ1) is 7.83. The Kier molecular flexibility index (Phi) is 2.83. The van der Waals surface area contributed by atoms with Crippen LogP contribution in [0, 0.1) is 0 Å². The molecule has 17 heavy (non-hydrogen) atoms. The fourth-order valence-electron chi connectivity index (χ4n) is 2.25. The largest absolute Gasteiger partial charge is 0.401 e. The van der Waals surface area contributed by atoms with Crippen molar-refractivity contribution in [1.82, 2.24) is 0 Å². The molecule has 90 valence electrons. The Labute approximate surface area is 103 Å². The Bertz CT molecular complexity index is 485. The summed E-state index contributed by atoms with van der Waals surface area (Å²) in [5.41, 5.74) is 1.25. The standard InChI is InChI=1S/C14H18O2Si/c1-14(16-17(2,3)4)12-8-6-5-7-11(12)9-10-13(14)15/h5-10H,1-4H3. The second kappa shape index (κ2) is 3.93. The smallest absolute Gasteiger partial charge is 0.190 e. The Balaban J connectivity index is 2.52. The number of carbonyl (C=O) groups excluding carboxylic acids is 1. The highest BCUT2D eigenvalue weighted by molar-refractivity contribution is 6.70. The number of fused-ring (bicyclic) bond motifs is 1. The Hall–Kier alpha value is -1.19. The third-order valence-corrected chi connectivity index (χ3v) is 3.89. The van der Waals surface area contributed by atoms with E-state index in [2.05, 4.69) is 19.6 Å². The van der Waals surface area contributed by atoms with Crippen LogP contribution >= 0.6 is 0 Å². The molecule has 3 heteroatoms. The predicted molar refractivity (Wildman–Crippen MR) is 72.3 cm³/mol. The van der Waals surface area contributed by atoms with Gasteiger partial charge in [0, 0.05) is 0 Å². The quantitative estimate of drug-likeness (QED) is 0.748. The van der Waals surface area contributed by atoms with E-state index in [0.29, 0.717) is 0 Å². The van der Waals surface area contributed by atoms with E-state index >= 15 is 0 Å². The zero-order valence-corrected chi connectivity index (χ0v) is 11.8. The summed E-state index contributed by atoms with van der Waals surface area (Å²) in [6.07, 6.45) is 3.50. The molecule has 0 aromatic heterocycles. The Morgan fingerprint density at radius 2 is 1.76 bits per heavy atom. The first-order valence-electron chi connectivity index (χ1n) is 5.85. The fraction of sp³-hybridized carbons (Fsp3) is 0.357. The number of ketones is 1. The number of benzene rings is 1. The van der Waals surface area contributed by atoms with Crippen LogP contribution in [-0.2, 0) is 14.8 Å². The van der Waals surface area contributed by atoms with Crippen LogP contribution in [0.3, 0.4) is 0 Å². The third-order valence-electron chi connectivity index (χ3n) is 2.87. The lowest BCUT2D eigenvalue weighted by atomic mass is 9.84. The molecule has 0 bridgehead atoms. The molecule has 1 aliphatic rings. The van der Waals surface area contributed by atoms with Gasteiger partial charge in [-0.2, -0.15) is 0 Å². The summed E-state index contributed by atoms with van der Waals surface area (Å²) in [6, 6.07) is 7.94. The van der Waals surface area contributed by atoms with Crippen molar-refractivity contribution in [2.45, 2.75) is 32.2 Å². The molecule has 0 saturated carbocycles. The highest BCUT2D eigenvalue weighted by Gasteiger charge is 2.41. The molecule has 0 N–H and O–H groups in total. The molecule has 1 aromatic carbocycles. The van der Waals surface area contributed by atoms with Gasteiger partial charge < -0.3 is 4.43 Å².